The van der Waals surface area contributed by atoms with Gasteiger partial charge in [-0.05, 0) is 38.4 Å². The number of methoxy groups -OCH3 is 2. The van der Waals surface area contributed by atoms with Crippen LogP contribution in [0.25, 0.3) is 0 Å². The normalized spacial score (nSPS) is 29.6. The van der Waals surface area contributed by atoms with Crippen LogP contribution in [0.15, 0.2) is 5.16 Å². The lowest BCUT2D eigenvalue weighted by Gasteiger charge is -2.43. The predicted octanol–water partition coefficient (Wildman–Crippen LogP) is 4.62. The third-order valence-corrected chi connectivity index (χ3v) is 7.31. The van der Waals surface area contributed by atoms with E-state index in [4.69, 9.17) is 23.6 Å². The lowest BCUT2D eigenvalue weighted by atomic mass is 9.77. The van der Waals surface area contributed by atoms with Gasteiger partial charge in [0.05, 0.1) is 29.1 Å². The van der Waals surface area contributed by atoms with Crippen LogP contribution in [0.3, 0.4) is 0 Å². The Labute approximate surface area is 177 Å². The minimum Gasteiger partial charge on any atom is -0.403 e. The molecular formula is C22H40BNO5. The molecule has 29 heavy (non-hydrogen) atoms. The van der Waals surface area contributed by atoms with Gasteiger partial charge in [-0.2, -0.15) is 0 Å². The Morgan fingerprint density at radius 2 is 1.34 bits per heavy atom. The number of ether oxygens (including phenoxy) is 2. The van der Waals surface area contributed by atoms with Gasteiger partial charge in [0.25, 0.3) is 0 Å². The SMILES string of the molecule is CO/N=C(\CCB1O[C@H](C2(OC)CCCC2)[C@@H](C2(OC)CCCC2)O1)C(C)(C)C. The Bertz CT molecular complexity index is 532. The van der Waals surface area contributed by atoms with Crippen molar-refractivity contribution in [1.82, 2.24) is 0 Å². The zero-order chi connectivity index (χ0) is 21.1. The molecule has 7 heteroatoms. The number of hydrogen-bond acceptors (Lipinski definition) is 6. The molecule has 1 saturated heterocycles. The molecule has 0 amide bonds. The second kappa shape index (κ2) is 9.25. The molecule has 3 fully saturated rings. The third-order valence-electron chi connectivity index (χ3n) is 7.31. The molecule has 0 N–H and O–H groups in total. The molecule has 0 spiro atoms. The van der Waals surface area contributed by atoms with E-state index in [1.54, 1.807) is 7.11 Å². The molecule has 3 aliphatic rings. The van der Waals surface area contributed by atoms with E-state index in [-0.39, 0.29) is 35.9 Å². The highest BCUT2D eigenvalue weighted by atomic mass is 16.7. The predicted molar refractivity (Wildman–Crippen MR) is 115 cm³/mol. The highest BCUT2D eigenvalue weighted by Crippen LogP contribution is 2.48. The van der Waals surface area contributed by atoms with E-state index < -0.39 is 0 Å². The molecule has 2 atom stereocenters. The molecule has 166 valence electrons. The second-order valence-electron chi connectivity index (χ2n) is 10.0. The first-order chi connectivity index (χ1) is 13.8. The van der Waals surface area contributed by atoms with Crippen LogP contribution in [-0.4, -0.2) is 57.6 Å². The third kappa shape index (κ3) is 4.68. The molecule has 0 aromatic rings. The van der Waals surface area contributed by atoms with Crippen LogP contribution < -0.4 is 0 Å². The minimum absolute atomic E-state index is 0.0498. The summed E-state index contributed by atoms with van der Waals surface area (Å²) in [6.07, 6.45) is 10.2. The van der Waals surface area contributed by atoms with Crippen LogP contribution in [0.4, 0.5) is 0 Å². The Balaban J connectivity index is 1.79. The van der Waals surface area contributed by atoms with Crippen molar-refractivity contribution >= 4 is 12.8 Å². The van der Waals surface area contributed by atoms with Crippen LogP contribution in [0.1, 0.15) is 78.6 Å². The van der Waals surface area contributed by atoms with Crippen molar-refractivity contribution in [3.05, 3.63) is 0 Å². The van der Waals surface area contributed by atoms with E-state index in [2.05, 4.69) is 25.9 Å². The van der Waals surface area contributed by atoms with Gasteiger partial charge >= 0.3 is 7.12 Å². The van der Waals surface area contributed by atoms with Gasteiger partial charge in [-0.15, -0.1) is 0 Å². The zero-order valence-corrected chi connectivity index (χ0v) is 19.3. The molecule has 0 unspecified atom stereocenters. The summed E-state index contributed by atoms with van der Waals surface area (Å²) in [6.45, 7) is 6.47. The van der Waals surface area contributed by atoms with E-state index in [9.17, 15) is 0 Å². The fraction of sp³-hybridized carbons (Fsp3) is 0.955. The van der Waals surface area contributed by atoms with Gasteiger partial charge in [0.15, 0.2) is 0 Å². The van der Waals surface area contributed by atoms with Crippen molar-refractivity contribution in [2.75, 3.05) is 21.3 Å². The fourth-order valence-corrected chi connectivity index (χ4v) is 5.52. The van der Waals surface area contributed by atoms with Crippen LogP contribution in [-0.2, 0) is 23.6 Å². The minimum atomic E-state index is -0.269. The van der Waals surface area contributed by atoms with Gasteiger partial charge in [0.1, 0.15) is 7.11 Å². The molecule has 0 bridgehead atoms. The van der Waals surface area contributed by atoms with Gasteiger partial charge in [-0.25, -0.2) is 0 Å². The highest BCUT2D eigenvalue weighted by molar-refractivity contribution is 6.45. The highest BCUT2D eigenvalue weighted by Gasteiger charge is 2.59. The molecule has 1 aliphatic heterocycles. The Morgan fingerprint density at radius 3 is 1.69 bits per heavy atom. The smallest absolute Gasteiger partial charge is 0.403 e. The molecular weight excluding hydrogens is 369 g/mol. The summed E-state index contributed by atoms with van der Waals surface area (Å²) in [4.78, 5) is 5.08. The number of rotatable bonds is 8. The van der Waals surface area contributed by atoms with Gasteiger partial charge in [0.2, 0.25) is 0 Å². The van der Waals surface area contributed by atoms with Crippen molar-refractivity contribution in [3.63, 3.8) is 0 Å². The maximum Gasteiger partial charge on any atom is 0.458 e. The fourth-order valence-electron chi connectivity index (χ4n) is 5.52. The maximum absolute atomic E-state index is 6.61. The molecule has 1 heterocycles. The van der Waals surface area contributed by atoms with Gasteiger partial charge < -0.3 is 23.6 Å². The van der Waals surface area contributed by atoms with E-state index in [0.717, 1.165) is 44.1 Å². The summed E-state index contributed by atoms with van der Waals surface area (Å²) < 4.78 is 25.5. The van der Waals surface area contributed by atoms with E-state index in [0.29, 0.717) is 0 Å². The Hall–Kier alpha value is -0.625. The van der Waals surface area contributed by atoms with Crippen LogP contribution in [0, 0.1) is 5.41 Å². The molecule has 3 rings (SSSR count). The topological polar surface area (TPSA) is 58.5 Å². The quantitative estimate of drug-likeness (QED) is 0.333. The largest absolute Gasteiger partial charge is 0.458 e. The van der Waals surface area contributed by atoms with Gasteiger partial charge in [-0.1, -0.05) is 51.6 Å². The lowest BCUT2D eigenvalue weighted by Crippen LogP contribution is -2.56. The molecule has 0 aromatic heterocycles. The average molecular weight is 409 g/mol. The van der Waals surface area contributed by atoms with Crippen molar-refractivity contribution in [2.24, 2.45) is 10.6 Å². The van der Waals surface area contributed by atoms with E-state index in [1.807, 2.05) is 14.2 Å². The lowest BCUT2D eigenvalue weighted by molar-refractivity contribution is -0.153. The maximum atomic E-state index is 6.61. The first kappa shape index (κ1) is 23.0. The van der Waals surface area contributed by atoms with Crippen molar-refractivity contribution in [2.45, 2.75) is 108 Å². The summed E-state index contributed by atoms with van der Waals surface area (Å²) in [7, 11) is 4.99. The molecule has 2 saturated carbocycles. The first-order valence-electron chi connectivity index (χ1n) is 11.3. The first-order valence-corrected chi connectivity index (χ1v) is 11.3. The average Bonchev–Trinajstić information content (AvgIpc) is 3.43. The zero-order valence-electron chi connectivity index (χ0n) is 19.3. The summed E-state index contributed by atoms with van der Waals surface area (Å²) in [5.41, 5.74) is 0.449. The summed E-state index contributed by atoms with van der Waals surface area (Å²) in [5.74, 6) is 0. The van der Waals surface area contributed by atoms with Gasteiger partial charge in [-0.3, -0.25) is 0 Å². The number of hydrogen-bond donors (Lipinski definition) is 0. The monoisotopic (exact) mass is 409 g/mol. The second-order valence-corrected chi connectivity index (χ2v) is 10.0. The summed E-state index contributed by atoms with van der Waals surface area (Å²) in [5, 5.41) is 4.27. The molecule has 0 radical (unpaired) electrons. The summed E-state index contributed by atoms with van der Waals surface area (Å²) >= 11 is 0. The van der Waals surface area contributed by atoms with Crippen molar-refractivity contribution in [1.29, 1.82) is 0 Å². The van der Waals surface area contributed by atoms with Crippen LogP contribution in [0.5, 0.6) is 0 Å². The Morgan fingerprint density at radius 1 is 0.897 bits per heavy atom. The Kier molecular flexibility index (Phi) is 7.35. The standard InChI is InChI=1S/C22H40BNO5/c1-20(2,3)17(24-27-6)11-16-23-28-18(21(25-4)12-7-8-13-21)19(29-23)22(26-5)14-9-10-15-22/h18-19H,7-16H2,1-6H3/b24-17+/t18-,19-/m0/s1. The molecule has 2 aliphatic carbocycles. The van der Waals surface area contributed by atoms with E-state index in [1.165, 1.54) is 25.7 Å². The van der Waals surface area contributed by atoms with Crippen molar-refractivity contribution < 1.29 is 23.6 Å². The molecule has 6 nitrogen and oxygen atoms in total. The van der Waals surface area contributed by atoms with E-state index >= 15 is 0 Å². The number of nitrogens with zero attached hydrogens (tertiary/aromatic N) is 1. The van der Waals surface area contributed by atoms with Gasteiger partial charge in [0, 0.05) is 19.6 Å². The summed E-state index contributed by atoms with van der Waals surface area (Å²) in [6, 6.07) is 0. The van der Waals surface area contributed by atoms with Crippen LogP contribution in [0.2, 0.25) is 6.32 Å². The van der Waals surface area contributed by atoms with Crippen LogP contribution >= 0.6 is 0 Å². The number of oxime groups is 1. The van der Waals surface area contributed by atoms with Crippen molar-refractivity contribution in [3.8, 4) is 0 Å². The molecule has 0 aromatic carbocycles.